The Hall–Kier alpha value is -8.87. The molecule has 6 aromatic carbocycles. The summed E-state index contributed by atoms with van der Waals surface area (Å²) in [5.74, 6) is 3.35. The molecule has 62 heavy (non-hydrogen) atoms. The van der Waals surface area contributed by atoms with Crippen LogP contribution in [0.4, 0.5) is 0 Å². The van der Waals surface area contributed by atoms with Crippen LogP contribution in [0.15, 0.2) is 201 Å². The number of hydrogen-bond acceptors (Lipinski definition) is 9. The Balaban J connectivity index is 1.11. The Bertz CT molecular complexity index is 3130. The highest BCUT2D eigenvalue weighted by Crippen LogP contribution is 2.39. The van der Waals surface area contributed by atoms with E-state index in [1.807, 2.05) is 133 Å². The topological polar surface area (TPSA) is 127 Å². The van der Waals surface area contributed by atoms with Crippen LogP contribution in [0.2, 0.25) is 0 Å². The molecule has 0 aliphatic heterocycles. The first-order valence-electron chi connectivity index (χ1n) is 20.0. The number of pyridine rings is 2. The number of nitriles is 1. The van der Waals surface area contributed by atoms with Crippen molar-refractivity contribution in [1.82, 2.24) is 39.9 Å². The molecular formula is C53H33N9. The Morgan fingerprint density at radius 2 is 0.661 bits per heavy atom. The Kier molecular flexibility index (Phi) is 10.1. The maximum Gasteiger partial charge on any atom is 0.164 e. The molecule has 0 bridgehead atoms. The zero-order valence-electron chi connectivity index (χ0n) is 33.1. The molecule has 4 heterocycles. The Morgan fingerprint density at radius 1 is 0.274 bits per heavy atom. The van der Waals surface area contributed by atoms with E-state index in [0.717, 1.165) is 66.8 Å². The van der Waals surface area contributed by atoms with Gasteiger partial charge in [-0.05, 0) is 76.3 Å². The fourth-order valence-electron chi connectivity index (χ4n) is 7.38. The van der Waals surface area contributed by atoms with E-state index in [0.29, 0.717) is 40.5 Å². The molecule has 0 fully saturated rings. The zero-order valence-corrected chi connectivity index (χ0v) is 33.1. The lowest BCUT2D eigenvalue weighted by molar-refractivity contribution is 1.07. The predicted octanol–water partition coefficient (Wildman–Crippen LogP) is 11.7. The largest absolute Gasteiger partial charge is 0.265 e. The average molecular weight is 796 g/mol. The molecule has 4 aromatic heterocycles. The van der Waals surface area contributed by atoms with Crippen molar-refractivity contribution >= 4 is 0 Å². The van der Waals surface area contributed by atoms with Crippen LogP contribution < -0.4 is 0 Å². The smallest absolute Gasteiger partial charge is 0.164 e. The second-order valence-corrected chi connectivity index (χ2v) is 14.4. The molecule has 0 saturated carbocycles. The van der Waals surface area contributed by atoms with Crippen LogP contribution in [-0.2, 0) is 0 Å². The van der Waals surface area contributed by atoms with Crippen molar-refractivity contribution in [2.24, 2.45) is 0 Å². The monoisotopic (exact) mass is 795 g/mol. The molecule has 0 amide bonds. The van der Waals surface area contributed by atoms with Crippen LogP contribution in [0.3, 0.4) is 0 Å². The average Bonchev–Trinajstić information content (AvgIpc) is 3.37. The van der Waals surface area contributed by atoms with Gasteiger partial charge in [0.25, 0.3) is 0 Å². The van der Waals surface area contributed by atoms with Crippen molar-refractivity contribution in [1.29, 1.82) is 5.26 Å². The summed E-state index contributed by atoms with van der Waals surface area (Å²) in [7, 11) is 0. The van der Waals surface area contributed by atoms with Gasteiger partial charge in [-0.15, -0.1) is 0 Å². The van der Waals surface area contributed by atoms with Crippen molar-refractivity contribution < 1.29 is 0 Å². The zero-order chi connectivity index (χ0) is 41.7. The standard InChI is InChI=1S/C53H33N9/c54-34-44-15-7-8-20-45(44)46-22-21-40(39-16-9-18-42(31-39)52-59-48(35-11-3-1-4-12-35)57-50(61-52)37-23-27-55-28-24-37)33-47(46)41-17-10-19-43(32-41)53-60-49(36-13-5-2-6-14-36)58-51(62-53)38-25-29-56-30-26-38/h1-33H. The molecule has 0 radical (unpaired) electrons. The Labute approximate surface area is 357 Å². The number of nitrogens with zero attached hydrogens (tertiary/aromatic N) is 9. The van der Waals surface area contributed by atoms with Gasteiger partial charge in [0.15, 0.2) is 34.9 Å². The van der Waals surface area contributed by atoms with Gasteiger partial charge in [-0.25, -0.2) is 29.9 Å². The summed E-state index contributed by atoms with van der Waals surface area (Å²) in [4.78, 5) is 38.0. The third-order valence-corrected chi connectivity index (χ3v) is 10.5. The fraction of sp³-hybridized carbons (Fsp3) is 0. The van der Waals surface area contributed by atoms with Crippen LogP contribution >= 0.6 is 0 Å². The second-order valence-electron chi connectivity index (χ2n) is 14.4. The molecular weight excluding hydrogens is 763 g/mol. The molecule has 0 N–H and O–H groups in total. The molecule has 10 rings (SSSR count). The van der Waals surface area contributed by atoms with E-state index in [9.17, 15) is 5.26 Å². The van der Waals surface area contributed by atoms with Gasteiger partial charge in [0.1, 0.15) is 0 Å². The number of aromatic nitrogens is 8. The van der Waals surface area contributed by atoms with E-state index >= 15 is 0 Å². The molecule has 10 aromatic rings. The van der Waals surface area contributed by atoms with Crippen molar-refractivity contribution in [2.75, 3.05) is 0 Å². The van der Waals surface area contributed by atoms with Crippen molar-refractivity contribution in [3.05, 3.63) is 206 Å². The normalized spacial score (nSPS) is 10.9. The van der Waals surface area contributed by atoms with Crippen LogP contribution in [0, 0.1) is 11.3 Å². The first kappa shape index (κ1) is 37.4. The number of hydrogen-bond donors (Lipinski definition) is 0. The molecule has 9 nitrogen and oxygen atoms in total. The lowest BCUT2D eigenvalue weighted by atomic mass is 9.88. The molecule has 9 heteroatoms. The van der Waals surface area contributed by atoms with Gasteiger partial charge in [-0.3, -0.25) is 9.97 Å². The third-order valence-electron chi connectivity index (χ3n) is 10.5. The molecule has 0 spiro atoms. The van der Waals surface area contributed by atoms with Crippen LogP contribution in [0.5, 0.6) is 0 Å². The van der Waals surface area contributed by atoms with Gasteiger partial charge >= 0.3 is 0 Å². The van der Waals surface area contributed by atoms with Gasteiger partial charge in [-0.2, -0.15) is 5.26 Å². The molecule has 0 unspecified atom stereocenters. The van der Waals surface area contributed by atoms with Crippen molar-refractivity contribution in [2.45, 2.75) is 0 Å². The van der Waals surface area contributed by atoms with Gasteiger partial charge in [0, 0.05) is 63.7 Å². The Morgan fingerprint density at radius 3 is 1.18 bits per heavy atom. The molecule has 0 saturated heterocycles. The van der Waals surface area contributed by atoms with Crippen LogP contribution in [0.25, 0.3) is 102 Å². The predicted molar refractivity (Wildman–Crippen MR) is 242 cm³/mol. The summed E-state index contributed by atoms with van der Waals surface area (Å²) in [5.41, 5.74) is 11.3. The molecule has 290 valence electrons. The minimum absolute atomic E-state index is 0.536. The highest BCUT2D eigenvalue weighted by molar-refractivity contribution is 5.90. The first-order chi connectivity index (χ1) is 30.7. The lowest BCUT2D eigenvalue weighted by Crippen LogP contribution is -2.00. The van der Waals surface area contributed by atoms with Gasteiger partial charge < -0.3 is 0 Å². The fourth-order valence-corrected chi connectivity index (χ4v) is 7.38. The van der Waals surface area contributed by atoms with E-state index in [1.165, 1.54) is 0 Å². The lowest BCUT2D eigenvalue weighted by Gasteiger charge is -2.16. The highest BCUT2D eigenvalue weighted by atomic mass is 15.0. The van der Waals surface area contributed by atoms with Crippen LogP contribution in [-0.4, -0.2) is 39.9 Å². The molecule has 0 atom stereocenters. The van der Waals surface area contributed by atoms with Crippen molar-refractivity contribution in [3.8, 4) is 108 Å². The van der Waals surface area contributed by atoms with E-state index in [4.69, 9.17) is 29.9 Å². The maximum absolute atomic E-state index is 10.2. The molecule has 0 aliphatic rings. The van der Waals surface area contributed by atoms with E-state index in [2.05, 4.69) is 58.5 Å². The minimum atomic E-state index is 0.536. The second kappa shape index (κ2) is 16.8. The maximum atomic E-state index is 10.2. The van der Waals surface area contributed by atoms with E-state index in [1.54, 1.807) is 24.8 Å². The van der Waals surface area contributed by atoms with Crippen LogP contribution in [0.1, 0.15) is 5.56 Å². The number of rotatable bonds is 9. The SMILES string of the molecule is N#Cc1ccccc1-c1ccc(-c2cccc(-c3nc(-c4ccccc4)nc(-c4ccncc4)n3)c2)cc1-c1cccc(-c2nc(-c3ccccc3)nc(-c3ccncc3)n2)c1. The summed E-state index contributed by atoms with van der Waals surface area (Å²) in [5, 5.41) is 10.2. The molecule has 0 aliphatic carbocycles. The first-order valence-corrected chi connectivity index (χ1v) is 20.0. The summed E-state index contributed by atoms with van der Waals surface area (Å²) in [6.07, 6.45) is 6.94. The minimum Gasteiger partial charge on any atom is -0.265 e. The highest BCUT2D eigenvalue weighted by Gasteiger charge is 2.18. The van der Waals surface area contributed by atoms with E-state index in [-0.39, 0.29) is 0 Å². The van der Waals surface area contributed by atoms with Crippen molar-refractivity contribution in [3.63, 3.8) is 0 Å². The third kappa shape index (κ3) is 7.71. The number of benzene rings is 6. The quantitative estimate of drug-likeness (QED) is 0.140. The summed E-state index contributed by atoms with van der Waals surface area (Å²) < 4.78 is 0. The summed E-state index contributed by atoms with van der Waals surface area (Å²) in [6.45, 7) is 0. The van der Waals surface area contributed by atoms with Gasteiger partial charge in [0.2, 0.25) is 0 Å². The summed E-state index contributed by atoms with van der Waals surface area (Å²) in [6, 6.07) is 60.3. The van der Waals surface area contributed by atoms with Gasteiger partial charge in [0.05, 0.1) is 11.6 Å². The van der Waals surface area contributed by atoms with E-state index < -0.39 is 0 Å². The van der Waals surface area contributed by atoms with Gasteiger partial charge in [-0.1, -0.05) is 127 Å². The summed E-state index contributed by atoms with van der Waals surface area (Å²) >= 11 is 0.